The topological polar surface area (TPSA) is 49.9 Å². The smallest absolute Gasteiger partial charge is 0.148 e. The number of H-pyrrole nitrogens is 1. The number of hydrogen-bond acceptors (Lipinski definition) is 3. The molecule has 0 saturated heterocycles. The van der Waals surface area contributed by atoms with Crippen molar-refractivity contribution in [2.75, 3.05) is 6.61 Å². The van der Waals surface area contributed by atoms with Crippen LogP contribution in [-0.2, 0) is 12.8 Å². The summed E-state index contributed by atoms with van der Waals surface area (Å²) >= 11 is 0. The fourth-order valence-electron chi connectivity index (χ4n) is 3.00. The second-order valence-electron chi connectivity index (χ2n) is 5.77. The number of aromatic amines is 1. The van der Waals surface area contributed by atoms with Crippen molar-refractivity contribution in [3.63, 3.8) is 0 Å². The van der Waals surface area contributed by atoms with Gasteiger partial charge in [0, 0.05) is 24.2 Å². The summed E-state index contributed by atoms with van der Waals surface area (Å²) in [6, 6.07) is 8.85. The zero-order chi connectivity index (χ0) is 15.4. The van der Waals surface area contributed by atoms with Crippen LogP contribution in [0.1, 0.15) is 36.2 Å². The van der Waals surface area contributed by atoms with Gasteiger partial charge in [0.05, 0.1) is 6.20 Å². The third-order valence-corrected chi connectivity index (χ3v) is 4.19. The van der Waals surface area contributed by atoms with Gasteiger partial charge >= 0.3 is 0 Å². The first-order valence-electron chi connectivity index (χ1n) is 7.69. The standard InChI is InChI=1S/C18H21N3O/c1-3-9-22-17-6-4-5-14(10-17)13(2)20-16-8-7-15-12-19-21-18(15)11-16/h1,4-6,10,12-13,16,20H,7-9,11H2,2H3,(H,19,21). The maximum atomic E-state index is 5.49. The van der Waals surface area contributed by atoms with Gasteiger partial charge in [-0.05, 0) is 43.0 Å². The average Bonchev–Trinajstić information content (AvgIpc) is 3.01. The van der Waals surface area contributed by atoms with Crippen LogP contribution >= 0.6 is 0 Å². The monoisotopic (exact) mass is 295 g/mol. The molecule has 22 heavy (non-hydrogen) atoms. The normalized spacial score (nSPS) is 18.3. The lowest BCUT2D eigenvalue weighted by atomic mass is 9.92. The maximum Gasteiger partial charge on any atom is 0.148 e. The minimum Gasteiger partial charge on any atom is -0.481 e. The van der Waals surface area contributed by atoms with E-state index >= 15 is 0 Å². The van der Waals surface area contributed by atoms with Crippen molar-refractivity contribution in [1.82, 2.24) is 15.5 Å². The Morgan fingerprint density at radius 1 is 1.55 bits per heavy atom. The Hall–Kier alpha value is -2.25. The first-order valence-corrected chi connectivity index (χ1v) is 7.69. The number of rotatable bonds is 5. The van der Waals surface area contributed by atoms with Crippen LogP contribution < -0.4 is 10.1 Å². The van der Waals surface area contributed by atoms with Crippen molar-refractivity contribution in [2.24, 2.45) is 0 Å². The SMILES string of the molecule is C#CCOc1cccc(C(C)NC2CCc3cn[nH]c3C2)c1. The summed E-state index contributed by atoms with van der Waals surface area (Å²) in [5.41, 5.74) is 3.84. The van der Waals surface area contributed by atoms with E-state index in [0.29, 0.717) is 12.6 Å². The first-order chi connectivity index (χ1) is 10.8. The summed E-state index contributed by atoms with van der Waals surface area (Å²) in [5.74, 6) is 3.31. The molecule has 0 fully saturated rings. The first kappa shape index (κ1) is 14.7. The van der Waals surface area contributed by atoms with Crippen molar-refractivity contribution in [1.29, 1.82) is 0 Å². The molecule has 2 N–H and O–H groups in total. The van der Waals surface area contributed by atoms with Gasteiger partial charge in [0.15, 0.2) is 0 Å². The highest BCUT2D eigenvalue weighted by Gasteiger charge is 2.21. The van der Waals surface area contributed by atoms with E-state index in [1.807, 2.05) is 18.3 Å². The molecule has 3 rings (SSSR count). The van der Waals surface area contributed by atoms with Crippen LogP contribution in [-0.4, -0.2) is 22.8 Å². The fourth-order valence-corrected chi connectivity index (χ4v) is 3.00. The third kappa shape index (κ3) is 3.32. The lowest BCUT2D eigenvalue weighted by molar-refractivity contribution is 0.368. The van der Waals surface area contributed by atoms with E-state index in [2.05, 4.69) is 40.5 Å². The summed E-state index contributed by atoms with van der Waals surface area (Å²) in [7, 11) is 0. The molecule has 1 aliphatic carbocycles. The maximum absolute atomic E-state index is 5.49. The molecule has 2 atom stereocenters. The minimum atomic E-state index is 0.267. The third-order valence-electron chi connectivity index (χ3n) is 4.19. The van der Waals surface area contributed by atoms with Crippen LogP contribution in [0.25, 0.3) is 0 Å². The van der Waals surface area contributed by atoms with E-state index in [1.165, 1.54) is 16.8 Å². The molecule has 0 radical (unpaired) electrons. The van der Waals surface area contributed by atoms with Gasteiger partial charge < -0.3 is 10.1 Å². The molecule has 0 aliphatic heterocycles. The molecule has 0 spiro atoms. The Kier molecular flexibility index (Phi) is 4.45. The second-order valence-corrected chi connectivity index (χ2v) is 5.77. The highest BCUT2D eigenvalue weighted by Crippen LogP contribution is 2.23. The molecule has 4 heteroatoms. The zero-order valence-corrected chi connectivity index (χ0v) is 12.8. The zero-order valence-electron chi connectivity index (χ0n) is 12.8. The molecule has 2 unspecified atom stereocenters. The van der Waals surface area contributed by atoms with Crippen LogP contribution in [0, 0.1) is 12.3 Å². The number of hydrogen-bond donors (Lipinski definition) is 2. The summed E-state index contributed by atoms with van der Waals surface area (Å²) in [5, 5.41) is 10.9. The molecule has 0 amide bonds. The molecule has 1 aromatic heterocycles. The minimum absolute atomic E-state index is 0.267. The molecular weight excluding hydrogens is 274 g/mol. The van der Waals surface area contributed by atoms with E-state index in [0.717, 1.165) is 25.0 Å². The molecule has 2 aromatic rings. The Bertz CT molecular complexity index is 671. The van der Waals surface area contributed by atoms with Crippen LogP contribution in [0.3, 0.4) is 0 Å². The van der Waals surface area contributed by atoms with Crippen LogP contribution in [0.15, 0.2) is 30.5 Å². The molecule has 114 valence electrons. The lowest BCUT2D eigenvalue weighted by Crippen LogP contribution is -2.36. The molecular formula is C18H21N3O. The van der Waals surface area contributed by atoms with Gasteiger partial charge in [-0.3, -0.25) is 5.10 Å². The Morgan fingerprint density at radius 3 is 3.32 bits per heavy atom. The average molecular weight is 295 g/mol. The number of terminal acetylenes is 1. The predicted octanol–water partition coefficient (Wildman–Crippen LogP) is 2.63. The molecule has 0 bridgehead atoms. The fraction of sp³-hybridized carbons (Fsp3) is 0.389. The van der Waals surface area contributed by atoms with Gasteiger partial charge in [-0.25, -0.2) is 0 Å². The van der Waals surface area contributed by atoms with Crippen molar-refractivity contribution in [2.45, 2.75) is 38.3 Å². The number of aromatic nitrogens is 2. The van der Waals surface area contributed by atoms with E-state index in [4.69, 9.17) is 11.2 Å². The van der Waals surface area contributed by atoms with Gasteiger partial charge in [0.1, 0.15) is 12.4 Å². The van der Waals surface area contributed by atoms with Gasteiger partial charge in [0.2, 0.25) is 0 Å². The highest BCUT2D eigenvalue weighted by atomic mass is 16.5. The Labute approximate surface area is 131 Å². The highest BCUT2D eigenvalue weighted by molar-refractivity contribution is 5.31. The number of ether oxygens (including phenoxy) is 1. The Morgan fingerprint density at radius 2 is 2.45 bits per heavy atom. The van der Waals surface area contributed by atoms with Crippen molar-refractivity contribution < 1.29 is 4.74 Å². The summed E-state index contributed by atoms with van der Waals surface area (Å²) in [6.07, 6.45) is 10.4. The van der Waals surface area contributed by atoms with Crippen molar-refractivity contribution >= 4 is 0 Å². The van der Waals surface area contributed by atoms with Crippen molar-refractivity contribution in [3.05, 3.63) is 47.3 Å². The van der Waals surface area contributed by atoms with Gasteiger partial charge in [-0.2, -0.15) is 5.10 Å². The molecule has 1 heterocycles. The van der Waals surface area contributed by atoms with E-state index < -0.39 is 0 Å². The van der Waals surface area contributed by atoms with Gasteiger partial charge in [-0.15, -0.1) is 6.42 Å². The number of nitrogens with one attached hydrogen (secondary N) is 2. The van der Waals surface area contributed by atoms with E-state index in [-0.39, 0.29) is 6.04 Å². The van der Waals surface area contributed by atoms with Crippen molar-refractivity contribution in [3.8, 4) is 18.1 Å². The summed E-state index contributed by atoms with van der Waals surface area (Å²) < 4.78 is 5.49. The van der Waals surface area contributed by atoms with Crippen LogP contribution in [0.4, 0.5) is 0 Å². The number of benzene rings is 1. The number of aryl methyl sites for hydroxylation is 1. The lowest BCUT2D eigenvalue weighted by Gasteiger charge is -2.27. The summed E-state index contributed by atoms with van der Waals surface area (Å²) in [4.78, 5) is 0. The largest absolute Gasteiger partial charge is 0.481 e. The Balaban J connectivity index is 1.62. The second kappa shape index (κ2) is 6.67. The number of nitrogens with zero attached hydrogens (tertiary/aromatic N) is 1. The molecule has 0 saturated carbocycles. The molecule has 1 aromatic carbocycles. The van der Waals surface area contributed by atoms with Gasteiger partial charge in [0.25, 0.3) is 0 Å². The van der Waals surface area contributed by atoms with Gasteiger partial charge in [-0.1, -0.05) is 18.1 Å². The van der Waals surface area contributed by atoms with Crippen LogP contribution in [0.2, 0.25) is 0 Å². The molecule has 1 aliphatic rings. The quantitative estimate of drug-likeness (QED) is 0.834. The number of fused-ring (bicyclic) bond motifs is 1. The van der Waals surface area contributed by atoms with Crippen LogP contribution in [0.5, 0.6) is 5.75 Å². The molecule has 4 nitrogen and oxygen atoms in total. The van der Waals surface area contributed by atoms with E-state index in [1.54, 1.807) is 0 Å². The predicted molar refractivity (Wildman–Crippen MR) is 86.7 cm³/mol. The van der Waals surface area contributed by atoms with E-state index in [9.17, 15) is 0 Å². The summed E-state index contributed by atoms with van der Waals surface area (Å²) in [6.45, 7) is 2.49.